The Morgan fingerprint density at radius 3 is 2.63 bits per heavy atom. The molecule has 0 saturated carbocycles. The van der Waals surface area contributed by atoms with E-state index in [1.165, 1.54) is 18.3 Å². The van der Waals surface area contributed by atoms with Gasteiger partial charge in [-0.25, -0.2) is 13.4 Å². The van der Waals surface area contributed by atoms with Gasteiger partial charge in [0.1, 0.15) is 5.75 Å². The lowest BCUT2D eigenvalue weighted by Crippen LogP contribution is -1.97. The van der Waals surface area contributed by atoms with Crippen molar-refractivity contribution in [1.29, 1.82) is 0 Å². The number of pyridine rings is 1. The van der Waals surface area contributed by atoms with E-state index >= 15 is 0 Å². The number of hydrogen-bond donors (Lipinski definition) is 1. The molecule has 1 aromatic carbocycles. The van der Waals surface area contributed by atoms with Gasteiger partial charge in [0, 0.05) is 18.5 Å². The van der Waals surface area contributed by atoms with Crippen LogP contribution in [0.4, 0.5) is 0 Å². The van der Waals surface area contributed by atoms with Gasteiger partial charge in [-0.2, -0.15) is 0 Å². The van der Waals surface area contributed by atoms with Crippen LogP contribution in [0.5, 0.6) is 11.6 Å². The lowest BCUT2D eigenvalue weighted by molar-refractivity contribution is 0.281. The molecule has 0 bridgehead atoms. The van der Waals surface area contributed by atoms with Crippen molar-refractivity contribution in [3.05, 3.63) is 48.2 Å². The number of ether oxygens (including phenoxy) is 1. The fraction of sp³-hybridized carbons (Fsp3) is 0.154. The monoisotopic (exact) mass is 279 g/mol. The molecule has 0 unspecified atom stereocenters. The van der Waals surface area contributed by atoms with Crippen LogP contribution >= 0.6 is 0 Å². The molecule has 0 spiro atoms. The van der Waals surface area contributed by atoms with Crippen molar-refractivity contribution in [2.45, 2.75) is 11.5 Å². The minimum atomic E-state index is -3.26. The number of aromatic nitrogens is 1. The van der Waals surface area contributed by atoms with Gasteiger partial charge in [0.05, 0.1) is 11.5 Å². The molecule has 0 aliphatic rings. The first kappa shape index (κ1) is 13.5. The van der Waals surface area contributed by atoms with Crippen LogP contribution in [0.1, 0.15) is 5.56 Å². The molecular formula is C13H13NO4S. The zero-order chi connectivity index (χ0) is 13.9. The molecule has 6 heteroatoms. The van der Waals surface area contributed by atoms with Crippen molar-refractivity contribution < 1.29 is 18.3 Å². The maximum atomic E-state index is 11.4. The van der Waals surface area contributed by atoms with Gasteiger partial charge in [-0.05, 0) is 29.8 Å². The Bertz CT molecular complexity index is 665. The Morgan fingerprint density at radius 1 is 1.26 bits per heavy atom. The lowest BCUT2D eigenvalue weighted by atomic mass is 10.3. The highest BCUT2D eigenvalue weighted by atomic mass is 32.2. The van der Waals surface area contributed by atoms with E-state index in [1.54, 1.807) is 24.3 Å². The Balaban J connectivity index is 2.23. The van der Waals surface area contributed by atoms with Gasteiger partial charge < -0.3 is 9.84 Å². The normalized spacial score (nSPS) is 11.3. The Hall–Kier alpha value is -1.92. The van der Waals surface area contributed by atoms with Crippen molar-refractivity contribution in [3.8, 4) is 11.6 Å². The highest BCUT2D eigenvalue weighted by Gasteiger charge is 2.08. The highest BCUT2D eigenvalue weighted by Crippen LogP contribution is 2.22. The average molecular weight is 279 g/mol. The molecule has 2 aromatic rings. The van der Waals surface area contributed by atoms with Crippen LogP contribution in [0.2, 0.25) is 0 Å². The first-order valence-electron chi connectivity index (χ1n) is 5.53. The predicted molar refractivity (Wildman–Crippen MR) is 69.8 cm³/mol. The summed E-state index contributed by atoms with van der Waals surface area (Å²) in [7, 11) is -3.26. The smallest absolute Gasteiger partial charge is 0.219 e. The Morgan fingerprint density at radius 2 is 2.05 bits per heavy atom. The maximum absolute atomic E-state index is 11.4. The molecule has 0 saturated heterocycles. The standard InChI is InChI=1S/C13H13NO4S/c1-19(16,17)12-4-2-3-11(7-12)18-13-6-5-10(9-15)8-14-13/h2-8,15H,9H2,1H3. The van der Waals surface area contributed by atoms with Gasteiger partial charge in [0.25, 0.3) is 0 Å². The second-order valence-corrected chi connectivity index (χ2v) is 6.03. The maximum Gasteiger partial charge on any atom is 0.219 e. The molecule has 0 amide bonds. The van der Waals surface area contributed by atoms with E-state index in [0.29, 0.717) is 17.2 Å². The zero-order valence-corrected chi connectivity index (χ0v) is 11.1. The largest absolute Gasteiger partial charge is 0.439 e. The van der Waals surface area contributed by atoms with E-state index in [1.807, 2.05) is 0 Å². The number of benzene rings is 1. The van der Waals surface area contributed by atoms with Crippen LogP contribution in [0.3, 0.4) is 0 Å². The number of sulfone groups is 1. The average Bonchev–Trinajstić information content (AvgIpc) is 2.39. The summed E-state index contributed by atoms with van der Waals surface area (Å²) in [6, 6.07) is 9.49. The van der Waals surface area contributed by atoms with E-state index in [-0.39, 0.29) is 11.5 Å². The SMILES string of the molecule is CS(=O)(=O)c1cccc(Oc2ccc(CO)cn2)c1. The fourth-order valence-corrected chi connectivity index (χ4v) is 2.11. The predicted octanol–water partition coefficient (Wildman–Crippen LogP) is 1.77. The lowest BCUT2D eigenvalue weighted by Gasteiger charge is -2.06. The van der Waals surface area contributed by atoms with Crippen molar-refractivity contribution in [3.63, 3.8) is 0 Å². The third-order valence-corrected chi connectivity index (χ3v) is 3.55. The van der Waals surface area contributed by atoms with Crippen LogP contribution in [0.25, 0.3) is 0 Å². The molecule has 5 nitrogen and oxygen atoms in total. The van der Waals surface area contributed by atoms with Crippen LogP contribution < -0.4 is 4.74 Å². The van der Waals surface area contributed by atoms with E-state index in [0.717, 1.165) is 6.26 Å². The van der Waals surface area contributed by atoms with Crippen LogP contribution in [0.15, 0.2) is 47.5 Å². The third kappa shape index (κ3) is 3.52. The fourth-order valence-electron chi connectivity index (χ4n) is 1.45. The van der Waals surface area contributed by atoms with Crippen LogP contribution in [0, 0.1) is 0 Å². The molecule has 0 aliphatic heterocycles. The van der Waals surface area contributed by atoms with Gasteiger partial charge in [0.15, 0.2) is 9.84 Å². The number of rotatable bonds is 4. The molecule has 2 rings (SSSR count). The topological polar surface area (TPSA) is 76.5 Å². The Kier molecular flexibility index (Phi) is 3.82. The minimum absolute atomic E-state index is 0.0865. The quantitative estimate of drug-likeness (QED) is 0.923. The number of nitrogens with zero attached hydrogens (tertiary/aromatic N) is 1. The second kappa shape index (κ2) is 5.38. The van der Waals surface area contributed by atoms with Crippen molar-refractivity contribution in [1.82, 2.24) is 4.98 Å². The molecule has 0 fully saturated rings. The zero-order valence-electron chi connectivity index (χ0n) is 10.3. The van der Waals surface area contributed by atoms with Crippen molar-refractivity contribution >= 4 is 9.84 Å². The van der Waals surface area contributed by atoms with Gasteiger partial charge in [-0.15, -0.1) is 0 Å². The summed E-state index contributed by atoms with van der Waals surface area (Å²) in [5, 5.41) is 8.90. The molecule has 0 atom stereocenters. The molecule has 0 aliphatic carbocycles. The molecule has 19 heavy (non-hydrogen) atoms. The molecule has 1 N–H and O–H groups in total. The summed E-state index contributed by atoms with van der Waals surface area (Å²) < 4.78 is 28.3. The summed E-state index contributed by atoms with van der Waals surface area (Å²) in [5.41, 5.74) is 0.678. The van der Waals surface area contributed by atoms with Gasteiger partial charge >= 0.3 is 0 Å². The highest BCUT2D eigenvalue weighted by molar-refractivity contribution is 7.90. The van der Waals surface area contributed by atoms with Crippen molar-refractivity contribution in [2.75, 3.05) is 6.26 Å². The molecule has 1 heterocycles. The number of hydrogen-bond acceptors (Lipinski definition) is 5. The van der Waals surface area contributed by atoms with E-state index in [4.69, 9.17) is 9.84 Å². The first-order valence-corrected chi connectivity index (χ1v) is 7.42. The van der Waals surface area contributed by atoms with Crippen LogP contribution in [-0.2, 0) is 16.4 Å². The van der Waals surface area contributed by atoms with E-state index < -0.39 is 9.84 Å². The Labute approximate surface area is 111 Å². The third-order valence-electron chi connectivity index (χ3n) is 2.44. The second-order valence-electron chi connectivity index (χ2n) is 4.01. The van der Waals surface area contributed by atoms with Gasteiger partial charge in [-0.3, -0.25) is 0 Å². The molecule has 100 valence electrons. The number of aliphatic hydroxyl groups excluding tert-OH is 1. The molecule has 1 aromatic heterocycles. The number of aliphatic hydroxyl groups is 1. The van der Waals surface area contributed by atoms with E-state index in [9.17, 15) is 8.42 Å². The van der Waals surface area contributed by atoms with Gasteiger partial charge in [0.2, 0.25) is 5.88 Å². The summed E-state index contributed by atoms with van der Waals surface area (Å²) in [4.78, 5) is 4.20. The minimum Gasteiger partial charge on any atom is -0.439 e. The van der Waals surface area contributed by atoms with Crippen LogP contribution in [-0.4, -0.2) is 24.8 Å². The molecular weight excluding hydrogens is 266 g/mol. The first-order chi connectivity index (χ1) is 8.99. The summed E-state index contributed by atoms with van der Waals surface area (Å²) in [6.07, 6.45) is 2.64. The molecule has 0 radical (unpaired) electrons. The summed E-state index contributed by atoms with van der Waals surface area (Å²) in [5.74, 6) is 0.732. The van der Waals surface area contributed by atoms with Gasteiger partial charge in [-0.1, -0.05) is 6.07 Å². The summed E-state index contributed by atoms with van der Waals surface area (Å²) >= 11 is 0. The van der Waals surface area contributed by atoms with Crippen molar-refractivity contribution in [2.24, 2.45) is 0 Å². The van der Waals surface area contributed by atoms with E-state index in [2.05, 4.69) is 4.98 Å². The summed E-state index contributed by atoms with van der Waals surface area (Å²) in [6.45, 7) is -0.0865.